The maximum absolute atomic E-state index is 11.7. The number of hydrogen-bond donors (Lipinski definition) is 0. The first kappa shape index (κ1) is 24.4. The second kappa shape index (κ2) is 19.8. The molecular weight excluding hydrogens is 310 g/mol. The van der Waals surface area contributed by atoms with Crippen LogP contribution in [0.2, 0.25) is 0 Å². The van der Waals surface area contributed by atoms with Crippen molar-refractivity contribution in [1.29, 1.82) is 0 Å². The van der Waals surface area contributed by atoms with Gasteiger partial charge < -0.3 is 9.64 Å². The molecule has 0 aliphatic carbocycles. The van der Waals surface area contributed by atoms with Crippen molar-refractivity contribution < 1.29 is 9.53 Å². The van der Waals surface area contributed by atoms with Gasteiger partial charge in [-0.2, -0.15) is 0 Å². The van der Waals surface area contributed by atoms with Crippen LogP contribution in [0.5, 0.6) is 0 Å². The van der Waals surface area contributed by atoms with Crippen LogP contribution in [0.4, 0.5) is 0 Å². The van der Waals surface area contributed by atoms with E-state index >= 15 is 0 Å². The molecule has 0 aromatic carbocycles. The van der Waals surface area contributed by atoms with Gasteiger partial charge in [0.1, 0.15) is 6.61 Å². The lowest BCUT2D eigenvalue weighted by atomic mass is 10.0. The molecule has 0 rings (SSSR count). The van der Waals surface area contributed by atoms with Gasteiger partial charge in [0.25, 0.3) is 0 Å². The van der Waals surface area contributed by atoms with E-state index in [0.29, 0.717) is 13.0 Å². The van der Waals surface area contributed by atoms with Gasteiger partial charge in [-0.15, -0.1) is 0 Å². The quantitative estimate of drug-likeness (QED) is 0.200. The molecular formula is C22H45NO2. The first-order valence-corrected chi connectivity index (χ1v) is 11.1. The van der Waals surface area contributed by atoms with Crippen molar-refractivity contribution in [3.63, 3.8) is 0 Å². The molecule has 25 heavy (non-hydrogen) atoms. The highest BCUT2D eigenvalue weighted by Gasteiger charge is 2.04. The van der Waals surface area contributed by atoms with E-state index < -0.39 is 0 Å². The standard InChI is InChI=1S/C22H45NO2/c1-4-7-8-9-10-11-12-13-14-15-16-17-18-19-22(24)25-21-20-23(5-2)6-3/h4-21H2,1-3H3. The number of likely N-dealkylation sites (N-methyl/N-ethyl adjacent to an activating group) is 1. The third-order valence-electron chi connectivity index (χ3n) is 5.05. The molecule has 0 N–H and O–H groups in total. The Morgan fingerprint density at radius 1 is 0.680 bits per heavy atom. The number of hydrogen-bond acceptors (Lipinski definition) is 3. The predicted octanol–water partition coefficient (Wildman–Crippen LogP) is 6.35. The van der Waals surface area contributed by atoms with Gasteiger partial charge in [-0.3, -0.25) is 4.79 Å². The molecule has 0 radical (unpaired) electrons. The van der Waals surface area contributed by atoms with E-state index in [9.17, 15) is 4.79 Å². The monoisotopic (exact) mass is 355 g/mol. The van der Waals surface area contributed by atoms with Gasteiger partial charge in [-0.1, -0.05) is 97.8 Å². The average Bonchev–Trinajstić information content (AvgIpc) is 2.62. The van der Waals surface area contributed by atoms with E-state index in [-0.39, 0.29) is 5.97 Å². The highest BCUT2D eigenvalue weighted by atomic mass is 16.5. The van der Waals surface area contributed by atoms with Crippen molar-refractivity contribution in [3.05, 3.63) is 0 Å². The van der Waals surface area contributed by atoms with Gasteiger partial charge in [0.15, 0.2) is 0 Å². The summed E-state index contributed by atoms with van der Waals surface area (Å²) in [7, 11) is 0. The smallest absolute Gasteiger partial charge is 0.305 e. The highest BCUT2D eigenvalue weighted by Crippen LogP contribution is 2.13. The van der Waals surface area contributed by atoms with Crippen LogP contribution >= 0.6 is 0 Å². The fraction of sp³-hybridized carbons (Fsp3) is 0.955. The van der Waals surface area contributed by atoms with Crippen LogP contribution in [-0.2, 0) is 9.53 Å². The fourth-order valence-electron chi connectivity index (χ4n) is 3.19. The molecule has 0 atom stereocenters. The molecule has 0 saturated heterocycles. The summed E-state index contributed by atoms with van der Waals surface area (Å²) >= 11 is 0. The largest absolute Gasteiger partial charge is 0.464 e. The van der Waals surface area contributed by atoms with Crippen molar-refractivity contribution in [1.82, 2.24) is 4.90 Å². The van der Waals surface area contributed by atoms with E-state index in [1.54, 1.807) is 0 Å². The maximum atomic E-state index is 11.7. The van der Waals surface area contributed by atoms with Gasteiger partial charge in [-0.05, 0) is 19.5 Å². The minimum atomic E-state index is -0.0183. The molecule has 0 spiro atoms. The molecule has 0 unspecified atom stereocenters. The van der Waals surface area contributed by atoms with Crippen molar-refractivity contribution in [2.45, 2.75) is 111 Å². The van der Waals surface area contributed by atoms with E-state index in [2.05, 4.69) is 25.7 Å². The Hall–Kier alpha value is -0.570. The summed E-state index contributed by atoms with van der Waals surface area (Å²) < 4.78 is 5.30. The predicted molar refractivity (Wildman–Crippen MR) is 109 cm³/mol. The lowest BCUT2D eigenvalue weighted by Crippen LogP contribution is -2.27. The third-order valence-corrected chi connectivity index (χ3v) is 5.05. The zero-order valence-electron chi connectivity index (χ0n) is 17.5. The SMILES string of the molecule is CCCCCCCCCCCCCCCC(=O)OCCN(CC)CC. The molecule has 0 heterocycles. The molecule has 0 fully saturated rings. The number of ether oxygens (including phenoxy) is 1. The molecule has 0 aliphatic rings. The van der Waals surface area contributed by atoms with Crippen LogP contribution in [-0.4, -0.2) is 37.1 Å². The molecule has 0 saturated carbocycles. The Kier molecular flexibility index (Phi) is 19.3. The lowest BCUT2D eigenvalue weighted by Gasteiger charge is -2.17. The van der Waals surface area contributed by atoms with Crippen LogP contribution in [0.15, 0.2) is 0 Å². The second-order valence-corrected chi connectivity index (χ2v) is 7.24. The van der Waals surface area contributed by atoms with Crippen LogP contribution in [0.25, 0.3) is 0 Å². The summed E-state index contributed by atoms with van der Waals surface area (Å²) in [6, 6.07) is 0. The van der Waals surface area contributed by atoms with E-state index in [1.165, 1.54) is 77.0 Å². The highest BCUT2D eigenvalue weighted by molar-refractivity contribution is 5.69. The summed E-state index contributed by atoms with van der Waals surface area (Å²) in [5.74, 6) is -0.0183. The minimum absolute atomic E-state index is 0.0183. The maximum Gasteiger partial charge on any atom is 0.305 e. The molecule has 0 amide bonds. The minimum Gasteiger partial charge on any atom is -0.464 e. The average molecular weight is 356 g/mol. The lowest BCUT2D eigenvalue weighted by molar-refractivity contribution is -0.144. The zero-order chi connectivity index (χ0) is 18.6. The summed E-state index contributed by atoms with van der Waals surface area (Å²) in [4.78, 5) is 13.9. The fourth-order valence-corrected chi connectivity index (χ4v) is 3.19. The summed E-state index contributed by atoms with van der Waals surface area (Å²) in [6.07, 6.45) is 18.0. The second-order valence-electron chi connectivity index (χ2n) is 7.24. The van der Waals surface area contributed by atoms with E-state index in [4.69, 9.17) is 4.74 Å². The van der Waals surface area contributed by atoms with Crippen molar-refractivity contribution in [2.75, 3.05) is 26.2 Å². The first-order valence-electron chi connectivity index (χ1n) is 11.1. The first-order chi connectivity index (χ1) is 12.2. The normalized spacial score (nSPS) is 11.2. The topological polar surface area (TPSA) is 29.5 Å². The zero-order valence-corrected chi connectivity index (χ0v) is 17.5. The molecule has 0 aromatic rings. The van der Waals surface area contributed by atoms with E-state index in [1.807, 2.05) is 0 Å². The Balaban J connectivity index is 3.21. The molecule has 0 aliphatic heterocycles. The molecule has 0 bridgehead atoms. The number of unbranched alkanes of at least 4 members (excludes halogenated alkanes) is 12. The summed E-state index contributed by atoms with van der Waals surface area (Å²) in [5, 5.41) is 0. The Bertz CT molecular complexity index is 277. The number of nitrogens with zero attached hydrogens (tertiary/aromatic N) is 1. The Morgan fingerprint density at radius 2 is 1.12 bits per heavy atom. The van der Waals surface area contributed by atoms with Crippen LogP contribution in [0.1, 0.15) is 111 Å². The van der Waals surface area contributed by atoms with Gasteiger partial charge in [0.2, 0.25) is 0 Å². The van der Waals surface area contributed by atoms with Gasteiger partial charge >= 0.3 is 5.97 Å². The van der Waals surface area contributed by atoms with Crippen LogP contribution in [0.3, 0.4) is 0 Å². The van der Waals surface area contributed by atoms with Gasteiger partial charge in [-0.25, -0.2) is 0 Å². The number of esters is 1. The van der Waals surface area contributed by atoms with Crippen LogP contribution in [0, 0.1) is 0 Å². The number of carbonyl (C=O) groups is 1. The number of rotatable bonds is 19. The summed E-state index contributed by atoms with van der Waals surface area (Å²) in [5.41, 5.74) is 0. The van der Waals surface area contributed by atoms with Crippen molar-refractivity contribution in [2.24, 2.45) is 0 Å². The van der Waals surface area contributed by atoms with Crippen LogP contribution < -0.4 is 0 Å². The molecule has 0 aromatic heterocycles. The molecule has 3 nitrogen and oxygen atoms in total. The van der Waals surface area contributed by atoms with Gasteiger partial charge in [0.05, 0.1) is 0 Å². The summed E-state index contributed by atoms with van der Waals surface area (Å²) in [6.45, 7) is 9.99. The molecule has 150 valence electrons. The van der Waals surface area contributed by atoms with Gasteiger partial charge in [0, 0.05) is 13.0 Å². The third kappa shape index (κ3) is 18.0. The Labute approximate surface area is 157 Å². The number of carbonyl (C=O) groups excluding carboxylic acids is 1. The molecule has 3 heteroatoms. The van der Waals surface area contributed by atoms with Crippen molar-refractivity contribution in [3.8, 4) is 0 Å². The Morgan fingerprint density at radius 3 is 1.56 bits per heavy atom. The van der Waals surface area contributed by atoms with E-state index in [0.717, 1.165) is 26.1 Å². The van der Waals surface area contributed by atoms with Crippen molar-refractivity contribution >= 4 is 5.97 Å².